The van der Waals surface area contributed by atoms with Crippen LogP contribution in [0.5, 0.6) is 0 Å². The minimum absolute atomic E-state index is 0. The van der Waals surface area contributed by atoms with Crippen LogP contribution in [0.3, 0.4) is 0 Å². The summed E-state index contributed by atoms with van der Waals surface area (Å²) in [5, 5.41) is 15.2. The van der Waals surface area contributed by atoms with Gasteiger partial charge in [-0.25, -0.2) is 0 Å². The van der Waals surface area contributed by atoms with Crippen molar-refractivity contribution in [3.63, 3.8) is 0 Å². The van der Waals surface area contributed by atoms with E-state index in [0.717, 1.165) is 5.56 Å². The molecule has 0 N–H and O–H groups in total. The summed E-state index contributed by atoms with van der Waals surface area (Å²) < 4.78 is 0. The first-order chi connectivity index (χ1) is 6.79. The van der Waals surface area contributed by atoms with Crippen molar-refractivity contribution >= 4 is 17.3 Å². The molecule has 4 heteroatoms. The molecule has 1 aromatic heterocycles. The standard InChI is InChI=1S/C11H7O2S.Li/c12-11(13)10-7-14-6-9(10)8-4-2-1-3-5-8;/h1-6H,(H,12,13);/q-1;+1/p-1. The van der Waals surface area contributed by atoms with Crippen molar-refractivity contribution < 1.29 is 28.8 Å². The van der Waals surface area contributed by atoms with Crippen LogP contribution < -0.4 is 24.0 Å². The molecule has 2 rings (SSSR count). The Morgan fingerprint density at radius 3 is 2.53 bits per heavy atom. The molecule has 0 spiro atoms. The number of thiophene rings is 1. The zero-order chi connectivity index (χ0) is 9.97. The molecule has 0 fully saturated rings. The molecule has 2 nitrogen and oxygen atoms in total. The van der Waals surface area contributed by atoms with E-state index < -0.39 is 5.97 Å². The van der Waals surface area contributed by atoms with Crippen LogP contribution in [0.15, 0.2) is 35.7 Å². The van der Waals surface area contributed by atoms with Crippen molar-refractivity contribution in [3.05, 3.63) is 46.7 Å². The Morgan fingerprint density at radius 2 is 1.93 bits per heavy atom. The largest absolute Gasteiger partial charge is 1.00 e. The number of hydrogen-bond acceptors (Lipinski definition) is 3. The van der Waals surface area contributed by atoms with Gasteiger partial charge in [-0.3, -0.25) is 11.3 Å². The van der Waals surface area contributed by atoms with E-state index in [1.807, 2.05) is 30.3 Å². The first kappa shape index (κ1) is 12.1. The van der Waals surface area contributed by atoms with Crippen LogP contribution in [-0.2, 0) is 0 Å². The van der Waals surface area contributed by atoms with Crippen LogP contribution in [0.1, 0.15) is 10.4 Å². The topological polar surface area (TPSA) is 40.1 Å². The van der Waals surface area contributed by atoms with Crippen molar-refractivity contribution in [2.24, 2.45) is 0 Å². The van der Waals surface area contributed by atoms with E-state index in [9.17, 15) is 9.90 Å². The van der Waals surface area contributed by atoms with E-state index in [1.165, 1.54) is 11.3 Å². The SMILES string of the molecule is O=C([O-])c1[c-]scc1-c1ccccc1.[Li+]. The van der Waals surface area contributed by atoms with Gasteiger partial charge in [0.1, 0.15) is 0 Å². The fourth-order valence-electron chi connectivity index (χ4n) is 1.24. The van der Waals surface area contributed by atoms with Gasteiger partial charge in [0.05, 0.1) is 0 Å². The van der Waals surface area contributed by atoms with Gasteiger partial charge in [-0.1, -0.05) is 41.3 Å². The Balaban J connectivity index is 0.00000112. The van der Waals surface area contributed by atoms with Gasteiger partial charge in [0.25, 0.3) is 0 Å². The van der Waals surface area contributed by atoms with E-state index in [4.69, 9.17) is 0 Å². The van der Waals surface area contributed by atoms with Gasteiger partial charge >= 0.3 is 18.9 Å². The van der Waals surface area contributed by atoms with E-state index in [2.05, 4.69) is 5.38 Å². The molecular formula is C11H6LiO2S-. The summed E-state index contributed by atoms with van der Waals surface area (Å²) in [7, 11) is 0. The van der Waals surface area contributed by atoms with Crippen molar-refractivity contribution in [1.82, 2.24) is 0 Å². The minimum Gasteiger partial charge on any atom is -0.603 e. The smallest absolute Gasteiger partial charge is 0.603 e. The molecule has 0 saturated heterocycles. The van der Waals surface area contributed by atoms with Crippen molar-refractivity contribution in [2.75, 3.05) is 0 Å². The molecule has 70 valence electrons. The van der Waals surface area contributed by atoms with E-state index in [-0.39, 0.29) is 24.4 Å². The van der Waals surface area contributed by atoms with Crippen LogP contribution in [0, 0.1) is 5.38 Å². The number of aromatic carboxylic acids is 1. The number of carbonyl (C=O) groups is 1. The predicted octanol–water partition coefficient (Wildman–Crippen LogP) is -1.42. The fraction of sp³-hybridized carbons (Fsp3) is 0. The van der Waals surface area contributed by atoms with E-state index in [1.54, 1.807) is 5.38 Å². The maximum absolute atomic E-state index is 10.7. The molecule has 0 radical (unpaired) electrons. The van der Waals surface area contributed by atoms with Gasteiger partial charge in [-0.05, 0) is 5.97 Å². The van der Waals surface area contributed by atoms with Crippen LogP contribution in [-0.4, -0.2) is 5.97 Å². The average molecular weight is 209 g/mol. The number of rotatable bonds is 2. The quantitative estimate of drug-likeness (QED) is 0.450. The third kappa shape index (κ3) is 2.51. The molecule has 0 saturated carbocycles. The Labute approximate surface area is 104 Å². The number of carbonyl (C=O) groups excluding carboxylic acids is 1. The summed E-state index contributed by atoms with van der Waals surface area (Å²) in [5.74, 6) is -1.18. The van der Waals surface area contributed by atoms with Crippen molar-refractivity contribution in [2.45, 2.75) is 0 Å². The van der Waals surface area contributed by atoms with Crippen molar-refractivity contribution in [1.29, 1.82) is 0 Å². The maximum Gasteiger partial charge on any atom is 1.00 e. The molecule has 0 aliphatic rings. The predicted molar refractivity (Wildman–Crippen MR) is 52.9 cm³/mol. The van der Waals surface area contributed by atoms with Gasteiger partial charge in [-0.2, -0.15) is 0 Å². The number of benzene rings is 1. The van der Waals surface area contributed by atoms with Gasteiger partial charge in [0.15, 0.2) is 0 Å². The summed E-state index contributed by atoms with van der Waals surface area (Å²) in [6.07, 6.45) is 0. The molecule has 0 atom stereocenters. The summed E-state index contributed by atoms with van der Waals surface area (Å²) in [4.78, 5) is 10.7. The third-order valence-corrected chi connectivity index (χ3v) is 2.57. The molecule has 0 bridgehead atoms. The first-order valence-corrected chi connectivity index (χ1v) is 4.93. The Morgan fingerprint density at radius 1 is 1.27 bits per heavy atom. The molecule has 15 heavy (non-hydrogen) atoms. The number of carboxylic acid groups (broad SMARTS) is 1. The minimum atomic E-state index is -1.18. The molecule has 0 unspecified atom stereocenters. The summed E-state index contributed by atoms with van der Waals surface area (Å²) in [5.41, 5.74) is 1.70. The Hall–Kier alpha value is -1.01. The average Bonchev–Trinajstić information content (AvgIpc) is 2.67. The van der Waals surface area contributed by atoms with Gasteiger partial charge < -0.3 is 9.90 Å². The molecule has 0 aliphatic carbocycles. The van der Waals surface area contributed by atoms with Crippen LogP contribution >= 0.6 is 11.3 Å². The second-order valence-electron chi connectivity index (χ2n) is 2.78. The Kier molecular flexibility index (Phi) is 4.16. The van der Waals surface area contributed by atoms with Crippen LogP contribution in [0.2, 0.25) is 0 Å². The zero-order valence-electron chi connectivity index (χ0n) is 8.19. The normalized spacial score (nSPS) is 9.33. The second kappa shape index (κ2) is 5.18. The van der Waals surface area contributed by atoms with Crippen LogP contribution in [0.25, 0.3) is 11.1 Å². The fourth-order valence-corrected chi connectivity index (χ4v) is 1.98. The molecular weight excluding hydrogens is 203 g/mol. The van der Waals surface area contributed by atoms with Gasteiger partial charge in [-0.15, -0.1) is 16.5 Å². The van der Waals surface area contributed by atoms with Crippen molar-refractivity contribution in [3.8, 4) is 11.1 Å². The van der Waals surface area contributed by atoms with E-state index >= 15 is 0 Å². The maximum atomic E-state index is 10.7. The zero-order valence-corrected chi connectivity index (χ0v) is 9.01. The summed E-state index contributed by atoms with van der Waals surface area (Å²) in [6, 6.07) is 9.35. The first-order valence-electron chi connectivity index (χ1n) is 4.05. The summed E-state index contributed by atoms with van der Waals surface area (Å²) in [6.45, 7) is 0. The van der Waals surface area contributed by atoms with E-state index in [0.29, 0.717) is 5.56 Å². The molecule has 2 aromatic rings. The Bertz CT molecular complexity index is 451. The second-order valence-corrected chi connectivity index (χ2v) is 3.46. The summed E-state index contributed by atoms with van der Waals surface area (Å²) >= 11 is 1.24. The number of hydrogen-bond donors (Lipinski definition) is 0. The molecule has 0 aliphatic heterocycles. The van der Waals surface area contributed by atoms with Crippen LogP contribution in [0.4, 0.5) is 0 Å². The third-order valence-electron chi connectivity index (χ3n) is 1.90. The number of carboxylic acids is 1. The van der Waals surface area contributed by atoms with Gasteiger partial charge in [0, 0.05) is 0 Å². The van der Waals surface area contributed by atoms with Gasteiger partial charge in [0.2, 0.25) is 0 Å². The monoisotopic (exact) mass is 209 g/mol. The molecule has 1 heterocycles. The molecule has 1 aromatic carbocycles. The molecule has 0 amide bonds.